The zero-order chi connectivity index (χ0) is 13.3. The molecule has 2 aromatic rings. The van der Waals surface area contributed by atoms with Gasteiger partial charge < -0.3 is 5.32 Å². The molecule has 0 amide bonds. The summed E-state index contributed by atoms with van der Waals surface area (Å²) in [6.45, 7) is 2.00. The predicted octanol–water partition coefficient (Wildman–Crippen LogP) is 3.86. The van der Waals surface area contributed by atoms with Gasteiger partial charge in [0.2, 0.25) is 0 Å². The number of aryl methyl sites for hydroxylation is 1. The Balaban J connectivity index is 2.71. The van der Waals surface area contributed by atoms with Crippen LogP contribution < -0.4 is 5.32 Å². The highest BCUT2D eigenvalue weighted by Gasteiger charge is 2.33. The summed E-state index contributed by atoms with van der Waals surface area (Å²) < 4.78 is 38.1. The van der Waals surface area contributed by atoms with Gasteiger partial charge in [-0.15, -0.1) is 0 Å². The minimum atomic E-state index is -4.43. The maximum Gasteiger partial charge on any atom is 0.433 e. The van der Waals surface area contributed by atoms with Gasteiger partial charge in [0.1, 0.15) is 5.69 Å². The van der Waals surface area contributed by atoms with Crippen molar-refractivity contribution in [2.24, 2.45) is 0 Å². The number of nitrogens with zero attached hydrogens (tertiary/aromatic N) is 1. The van der Waals surface area contributed by atoms with E-state index in [1.807, 2.05) is 13.0 Å². The van der Waals surface area contributed by atoms with E-state index in [4.69, 9.17) is 0 Å². The number of alkyl halides is 3. The van der Waals surface area contributed by atoms with Gasteiger partial charge in [-0.05, 0) is 30.2 Å². The molecule has 0 saturated heterocycles. The van der Waals surface area contributed by atoms with Gasteiger partial charge in [0.05, 0.1) is 5.52 Å². The fraction of sp³-hybridized carbons (Fsp3) is 0.308. The Morgan fingerprint density at radius 2 is 1.94 bits per heavy atom. The van der Waals surface area contributed by atoms with E-state index in [-0.39, 0.29) is 0 Å². The molecule has 0 unspecified atom stereocenters. The second kappa shape index (κ2) is 4.48. The van der Waals surface area contributed by atoms with E-state index in [0.29, 0.717) is 16.6 Å². The lowest BCUT2D eigenvalue weighted by atomic mass is 10.1. The third-order valence-corrected chi connectivity index (χ3v) is 2.84. The van der Waals surface area contributed by atoms with Crippen molar-refractivity contribution in [3.8, 4) is 0 Å². The fourth-order valence-corrected chi connectivity index (χ4v) is 1.84. The molecule has 1 N–H and O–H groups in total. The Morgan fingerprint density at radius 1 is 1.22 bits per heavy atom. The van der Waals surface area contributed by atoms with Crippen LogP contribution in [0.15, 0.2) is 24.3 Å². The van der Waals surface area contributed by atoms with Crippen molar-refractivity contribution in [1.29, 1.82) is 0 Å². The highest BCUT2D eigenvalue weighted by molar-refractivity contribution is 5.92. The number of halogens is 3. The second-order valence-electron chi connectivity index (χ2n) is 4.01. The second-order valence-corrected chi connectivity index (χ2v) is 4.01. The van der Waals surface area contributed by atoms with Gasteiger partial charge in [-0.3, -0.25) is 0 Å². The SMILES string of the molecule is CCc1ccc2nc(C(F)(F)F)cc(NC)c2c1. The minimum absolute atomic E-state index is 0.353. The van der Waals surface area contributed by atoms with Crippen LogP contribution in [0.3, 0.4) is 0 Å². The van der Waals surface area contributed by atoms with Crippen LogP contribution in [-0.2, 0) is 12.6 Å². The molecule has 0 atom stereocenters. The molecule has 0 radical (unpaired) electrons. The lowest BCUT2D eigenvalue weighted by Crippen LogP contribution is -2.09. The van der Waals surface area contributed by atoms with E-state index in [0.717, 1.165) is 18.1 Å². The third-order valence-electron chi connectivity index (χ3n) is 2.84. The monoisotopic (exact) mass is 254 g/mol. The molecular formula is C13H13F3N2. The molecule has 0 aliphatic heterocycles. The first-order chi connectivity index (χ1) is 8.45. The van der Waals surface area contributed by atoms with Crippen LogP contribution in [0.25, 0.3) is 10.9 Å². The van der Waals surface area contributed by atoms with E-state index >= 15 is 0 Å². The van der Waals surface area contributed by atoms with Crippen molar-refractivity contribution < 1.29 is 13.2 Å². The maximum absolute atomic E-state index is 12.7. The molecule has 2 rings (SSSR count). The lowest BCUT2D eigenvalue weighted by Gasteiger charge is -2.12. The Kier molecular flexibility index (Phi) is 3.15. The summed E-state index contributed by atoms with van der Waals surface area (Å²) in [5.74, 6) is 0. The summed E-state index contributed by atoms with van der Waals surface area (Å²) in [5, 5.41) is 3.51. The highest BCUT2D eigenvalue weighted by atomic mass is 19.4. The Bertz CT molecular complexity index is 576. The summed E-state index contributed by atoms with van der Waals surface area (Å²) in [5.41, 5.74) is 0.998. The predicted molar refractivity (Wildman–Crippen MR) is 65.7 cm³/mol. The molecule has 0 aliphatic carbocycles. The van der Waals surface area contributed by atoms with E-state index in [1.165, 1.54) is 0 Å². The Hall–Kier alpha value is -1.78. The average molecular weight is 254 g/mol. The van der Waals surface area contributed by atoms with Gasteiger partial charge in [-0.1, -0.05) is 13.0 Å². The molecule has 0 aliphatic rings. The van der Waals surface area contributed by atoms with Crippen LogP contribution >= 0.6 is 0 Å². The van der Waals surface area contributed by atoms with E-state index < -0.39 is 11.9 Å². The van der Waals surface area contributed by atoms with Crippen LogP contribution in [0, 0.1) is 0 Å². The molecule has 0 spiro atoms. The molecule has 1 aromatic heterocycles. The fourth-order valence-electron chi connectivity index (χ4n) is 1.84. The molecular weight excluding hydrogens is 241 g/mol. The molecule has 1 heterocycles. The number of nitrogens with one attached hydrogen (secondary N) is 1. The Labute approximate surface area is 103 Å². The number of benzene rings is 1. The van der Waals surface area contributed by atoms with Crippen LogP contribution in [-0.4, -0.2) is 12.0 Å². The van der Waals surface area contributed by atoms with Crippen LogP contribution in [0.1, 0.15) is 18.2 Å². The smallest absolute Gasteiger partial charge is 0.388 e. The average Bonchev–Trinajstić information content (AvgIpc) is 2.35. The molecule has 18 heavy (non-hydrogen) atoms. The van der Waals surface area contributed by atoms with Crippen molar-refractivity contribution in [2.45, 2.75) is 19.5 Å². The highest BCUT2D eigenvalue weighted by Crippen LogP contribution is 2.33. The quantitative estimate of drug-likeness (QED) is 0.880. The molecule has 0 fully saturated rings. The van der Waals surface area contributed by atoms with Crippen molar-refractivity contribution in [2.75, 3.05) is 12.4 Å². The first-order valence-electron chi connectivity index (χ1n) is 5.64. The summed E-state index contributed by atoms with van der Waals surface area (Å²) in [6, 6.07) is 6.34. The molecule has 5 heteroatoms. The number of aromatic nitrogens is 1. The zero-order valence-electron chi connectivity index (χ0n) is 10.1. The largest absolute Gasteiger partial charge is 0.433 e. The molecule has 1 aromatic carbocycles. The van der Waals surface area contributed by atoms with Crippen LogP contribution in [0.2, 0.25) is 0 Å². The van der Waals surface area contributed by atoms with Crippen molar-refractivity contribution in [1.82, 2.24) is 4.98 Å². The lowest BCUT2D eigenvalue weighted by molar-refractivity contribution is -0.140. The van der Waals surface area contributed by atoms with Gasteiger partial charge in [-0.25, -0.2) is 4.98 Å². The number of pyridine rings is 1. The Morgan fingerprint density at radius 3 is 2.50 bits per heavy atom. The summed E-state index contributed by atoms with van der Waals surface area (Å²) in [7, 11) is 1.60. The topological polar surface area (TPSA) is 24.9 Å². The van der Waals surface area contributed by atoms with Gasteiger partial charge >= 0.3 is 6.18 Å². The van der Waals surface area contributed by atoms with Crippen molar-refractivity contribution in [3.05, 3.63) is 35.5 Å². The van der Waals surface area contributed by atoms with Crippen LogP contribution in [0.5, 0.6) is 0 Å². The van der Waals surface area contributed by atoms with E-state index in [1.54, 1.807) is 19.2 Å². The molecule has 0 bridgehead atoms. The maximum atomic E-state index is 12.7. The first-order valence-corrected chi connectivity index (χ1v) is 5.64. The molecule has 96 valence electrons. The van der Waals surface area contributed by atoms with E-state index in [9.17, 15) is 13.2 Å². The summed E-state index contributed by atoms with van der Waals surface area (Å²) >= 11 is 0. The number of hydrogen-bond acceptors (Lipinski definition) is 2. The molecule has 2 nitrogen and oxygen atoms in total. The number of rotatable bonds is 2. The normalized spacial score (nSPS) is 11.8. The first kappa shape index (κ1) is 12.7. The molecule has 0 saturated carbocycles. The summed E-state index contributed by atoms with van der Waals surface area (Å²) in [4.78, 5) is 3.67. The van der Waals surface area contributed by atoms with Gasteiger partial charge in [-0.2, -0.15) is 13.2 Å². The van der Waals surface area contributed by atoms with Crippen molar-refractivity contribution >= 4 is 16.6 Å². The van der Waals surface area contributed by atoms with Crippen molar-refractivity contribution in [3.63, 3.8) is 0 Å². The van der Waals surface area contributed by atoms with Crippen LogP contribution in [0.4, 0.5) is 18.9 Å². The minimum Gasteiger partial charge on any atom is -0.388 e. The zero-order valence-corrected chi connectivity index (χ0v) is 10.1. The van der Waals surface area contributed by atoms with E-state index in [2.05, 4.69) is 10.3 Å². The third kappa shape index (κ3) is 2.25. The number of hydrogen-bond donors (Lipinski definition) is 1. The van der Waals surface area contributed by atoms with Gasteiger partial charge in [0.25, 0.3) is 0 Å². The van der Waals surface area contributed by atoms with Gasteiger partial charge in [0.15, 0.2) is 0 Å². The van der Waals surface area contributed by atoms with Gasteiger partial charge in [0, 0.05) is 18.1 Å². The summed E-state index contributed by atoms with van der Waals surface area (Å²) in [6.07, 6.45) is -3.59. The number of fused-ring (bicyclic) bond motifs is 1. The number of anilines is 1. The standard InChI is InChI=1S/C13H13F3N2/c1-3-8-4-5-10-9(6-8)11(17-2)7-12(18-10)13(14,15)16/h4-7H,3H2,1-2H3,(H,17,18).